The molecule has 1 heterocycles. The van der Waals surface area contributed by atoms with Gasteiger partial charge in [0.1, 0.15) is 6.61 Å². The van der Waals surface area contributed by atoms with E-state index in [4.69, 9.17) is 5.11 Å². The van der Waals surface area contributed by atoms with Gasteiger partial charge in [-0.15, -0.1) is 0 Å². The van der Waals surface area contributed by atoms with E-state index in [0.29, 0.717) is 17.0 Å². The van der Waals surface area contributed by atoms with Crippen molar-refractivity contribution in [2.75, 3.05) is 13.2 Å². The molecule has 2 bridgehead atoms. The Morgan fingerprint density at radius 2 is 2.33 bits per heavy atom. The Kier molecular flexibility index (Phi) is 4.21. The zero-order chi connectivity index (χ0) is 14.7. The normalized spacial score (nSPS) is 26.2. The molecule has 1 aromatic rings. The number of aliphatic hydroxyl groups excluding tert-OH is 1. The average molecular weight is 284 g/mol. The fourth-order valence-electron chi connectivity index (χ4n) is 3.77. The maximum absolute atomic E-state index is 12.3. The zero-order valence-electron chi connectivity index (χ0n) is 12.0. The number of amides is 1. The number of nitrogens with one attached hydrogen (secondary N) is 1. The molecular formula is C17H20N2O2. The minimum Gasteiger partial charge on any atom is -0.384 e. The van der Waals surface area contributed by atoms with Crippen molar-refractivity contribution >= 4 is 5.91 Å². The van der Waals surface area contributed by atoms with Crippen LogP contribution in [0.3, 0.4) is 0 Å². The van der Waals surface area contributed by atoms with Gasteiger partial charge in [0.25, 0.3) is 5.91 Å². The topological polar surface area (TPSA) is 62.2 Å². The van der Waals surface area contributed by atoms with E-state index in [1.807, 2.05) is 0 Å². The Bertz CT molecular complexity index is 588. The number of carbonyl (C=O) groups excluding carboxylic acids is 1. The molecule has 0 aromatic carbocycles. The van der Waals surface area contributed by atoms with Crippen molar-refractivity contribution in [2.45, 2.75) is 25.7 Å². The molecule has 4 heteroatoms. The number of pyridine rings is 1. The Labute approximate surface area is 125 Å². The number of aromatic nitrogens is 1. The number of nitrogens with zero attached hydrogens (tertiary/aromatic N) is 1. The highest BCUT2D eigenvalue weighted by Gasteiger charge is 2.39. The molecule has 2 N–H and O–H groups in total. The van der Waals surface area contributed by atoms with Crippen LogP contribution in [0.4, 0.5) is 0 Å². The van der Waals surface area contributed by atoms with Gasteiger partial charge < -0.3 is 10.4 Å². The van der Waals surface area contributed by atoms with E-state index >= 15 is 0 Å². The Hall–Kier alpha value is -1.86. The lowest BCUT2D eigenvalue weighted by molar-refractivity contribution is 0.0941. The predicted molar refractivity (Wildman–Crippen MR) is 79.5 cm³/mol. The monoisotopic (exact) mass is 284 g/mol. The molecule has 110 valence electrons. The molecule has 2 fully saturated rings. The van der Waals surface area contributed by atoms with Gasteiger partial charge in [-0.05, 0) is 43.1 Å². The predicted octanol–water partition coefficient (Wildman–Crippen LogP) is 1.59. The van der Waals surface area contributed by atoms with Gasteiger partial charge in [-0.3, -0.25) is 9.78 Å². The summed E-state index contributed by atoms with van der Waals surface area (Å²) in [5, 5.41) is 11.8. The van der Waals surface area contributed by atoms with Crippen LogP contribution in [0.2, 0.25) is 0 Å². The lowest BCUT2D eigenvalue weighted by atomic mass is 9.89. The largest absolute Gasteiger partial charge is 0.384 e. The minimum atomic E-state index is -0.221. The van der Waals surface area contributed by atoms with E-state index in [9.17, 15) is 4.79 Å². The van der Waals surface area contributed by atoms with Gasteiger partial charge in [-0.25, -0.2) is 0 Å². The van der Waals surface area contributed by atoms with Gasteiger partial charge in [-0.1, -0.05) is 18.3 Å². The summed E-state index contributed by atoms with van der Waals surface area (Å²) in [7, 11) is 0. The quantitative estimate of drug-likeness (QED) is 0.829. The average Bonchev–Trinajstić information content (AvgIpc) is 3.13. The van der Waals surface area contributed by atoms with Crippen molar-refractivity contribution in [3.05, 3.63) is 29.6 Å². The fraction of sp³-hybridized carbons (Fsp3) is 0.529. The number of hydrogen-bond acceptors (Lipinski definition) is 3. The van der Waals surface area contributed by atoms with Gasteiger partial charge in [0.2, 0.25) is 0 Å². The smallest absolute Gasteiger partial charge is 0.252 e. The van der Waals surface area contributed by atoms with Crippen LogP contribution in [0.5, 0.6) is 0 Å². The fourth-order valence-corrected chi connectivity index (χ4v) is 3.77. The molecule has 2 saturated carbocycles. The number of carbonyl (C=O) groups is 1. The van der Waals surface area contributed by atoms with Crippen molar-refractivity contribution < 1.29 is 9.90 Å². The SMILES string of the molecule is O=C(NCC1CC2CCC1C2)c1ccncc1C#CCO. The summed E-state index contributed by atoms with van der Waals surface area (Å²) >= 11 is 0. The van der Waals surface area contributed by atoms with E-state index in [-0.39, 0.29) is 12.5 Å². The number of rotatable bonds is 3. The molecule has 2 aliphatic carbocycles. The highest BCUT2D eigenvalue weighted by molar-refractivity contribution is 5.96. The van der Waals surface area contributed by atoms with Crippen LogP contribution < -0.4 is 5.32 Å². The van der Waals surface area contributed by atoms with E-state index in [1.165, 1.54) is 25.7 Å². The third-order valence-electron chi connectivity index (χ3n) is 4.78. The van der Waals surface area contributed by atoms with Crippen molar-refractivity contribution in [3.63, 3.8) is 0 Å². The third-order valence-corrected chi connectivity index (χ3v) is 4.78. The van der Waals surface area contributed by atoms with Gasteiger partial charge in [0.05, 0.1) is 11.1 Å². The third kappa shape index (κ3) is 3.08. The Morgan fingerprint density at radius 1 is 1.43 bits per heavy atom. The molecule has 0 radical (unpaired) electrons. The van der Waals surface area contributed by atoms with Gasteiger partial charge in [-0.2, -0.15) is 0 Å². The summed E-state index contributed by atoms with van der Waals surface area (Å²) in [6, 6.07) is 1.68. The highest BCUT2D eigenvalue weighted by atomic mass is 16.2. The van der Waals surface area contributed by atoms with Crippen LogP contribution in [0.25, 0.3) is 0 Å². The van der Waals surface area contributed by atoms with Crippen molar-refractivity contribution in [1.29, 1.82) is 0 Å². The second-order valence-electron chi connectivity index (χ2n) is 6.03. The van der Waals surface area contributed by atoms with Gasteiger partial charge in [0.15, 0.2) is 0 Å². The summed E-state index contributed by atoms with van der Waals surface area (Å²) in [6.45, 7) is 0.538. The first kappa shape index (κ1) is 14.1. The zero-order valence-corrected chi connectivity index (χ0v) is 12.0. The van der Waals surface area contributed by atoms with Crippen LogP contribution in [0.15, 0.2) is 18.5 Å². The Balaban J connectivity index is 1.63. The first-order chi connectivity index (χ1) is 10.3. The van der Waals surface area contributed by atoms with E-state index in [1.54, 1.807) is 18.5 Å². The second kappa shape index (κ2) is 6.28. The summed E-state index contributed by atoms with van der Waals surface area (Å²) in [5.41, 5.74) is 1.10. The molecule has 21 heavy (non-hydrogen) atoms. The minimum absolute atomic E-state index is 0.0950. The van der Waals surface area contributed by atoms with Gasteiger partial charge >= 0.3 is 0 Å². The highest BCUT2D eigenvalue weighted by Crippen LogP contribution is 2.47. The van der Waals surface area contributed by atoms with Crippen LogP contribution in [-0.4, -0.2) is 29.1 Å². The lowest BCUT2D eigenvalue weighted by Crippen LogP contribution is -2.32. The molecule has 1 aromatic heterocycles. The summed E-state index contributed by atoms with van der Waals surface area (Å²) in [4.78, 5) is 16.3. The van der Waals surface area contributed by atoms with Crippen LogP contribution in [0.1, 0.15) is 41.6 Å². The molecule has 1 amide bonds. The first-order valence-corrected chi connectivity index (χ1v) is 7.60. The summed E-state index contributed by atoms with van der Waals surface area (Å²) in [5.74, 6) is 7.58. The molecule has 4 nitrogen and oxygen atoms in total. The van der Waals surface area contributed by atoms with Crippen LogP contribution in [0, 0.1) is 29.6 Å². The summed E-state index contributed by atoms with van der Waals surface area (Å²) in [6.07, 6.45) is 8.47. The molecule has 0 spiro atoms. The molecule has 3 unspecified atom stereocenters. The standard InChI is InChI=1S/C17H20N2O2/c20-7-1-2-14-10-18-6-5-16(14)17(21)19-11-15-9-12-3-4-13(15)8-12/h5-6,10,12-13,15,20H,3-4,7-9,11H2,(H,19,21). The maximum atomic E-state index is 12.3. The summed E-state index contributed by atoms with van der Waals surface area (Å²) < 4.78 is 0. The van der Waals surface area contributed by atoms with Crippen LogP contribution in [-0.2, 0) is 0 Å². The first-order valence-electron chi connectivity index (χ1n) is 7.60. The van der Waals surface area contributed by atoms with Crippen molar-refractivity contribution in [1.82, 2.24) is 10.3 Å². The number of fused-ring (bicyclic) bond motifs is 2. The van der Waals surface area contributed by atoms with E-state index in [0.717, 1.165) is 18.4 Å². The van der Waals surface area contributed by atoms with Crippen LogP contribution >= 0.6 is 0 Å². The molecular weight excluding hydrogens is 264 g/mol. The van der Waals surface area contributed by atoms with E-state index in [2.05, 4.69) is 22.1 Å². The van der Waals surface area contributed by atoms with Crippen molar-refractivity contribution in [2.24, 2.45) is 17.8 Å². The van der Waals surface area contributed by atoms with Crippen molar-refractivity contribution in [3.8, 4) is 11.8 Å². The number of hydrogen-bond donors (Lipinski definition) is 2. The molecule has 0 saturated heterocycles. The number of aliphatic hydroxyl groups is 1. The second-order valence-corrected chi connectivity index (χ2v) is 6.03. The van der Waals surface area contributed by atoms with Gasteiger partial charge in [0, 0.05) is 18.9 Å². The molecule has 3 atom stereocenters. The molecule has 3 rings (SSSR count). The van der Waals surface area contributed by atoms with E-state index < -0.39 is 0 Å². The molecule has 0 aliphatic heterocycles. The Morgan fingerprint density at radius 3 is 3.05 bits per heavy atom. The lowest BCUT2D eigenvalue weighted by Gasteiger charge is -2.21. The maximum Gasteiger partial charge on any atom is 0.252 e. The molecule has 2 aliphatic rings.